The van der Waals surface area contributed by atoms with Crippen LogP contribution in [0.2, 0.25) is 0 Å². The molecule has 2 N–H and O–H groups in total. The molecule has 0 radical (unpaired) electrons. The summed E-state index contributed by atoms with van der Waals surface area (Å²) in [5.41, 5.74) is 5.24. The summed E-state index contributed by atoms with van der Waals surface area (Å²) in [4.78, 5) is 15.7. The van der Waals surface area contributed by atoms with Gasteiger partial charge < -0.3 is 10.5 Å². The smallest absolute Gasteiger partial charge is 0.325 e. The maximum absolute atomic E-state index is 11.5. The fourth-order valence-electron chi connectivity index (χ4n) is 1.93. The molecule has 2 rings (SSSR count). The highest BCUT2D eigenvalue weighted by Gasteiger charge is 2.43. The lowest BCUT2D eigenvalue weighted by atomic mass is 10.00. The van der Waals surface area contributed by atoms with Crippen LogP contribution < -0.4 is 5.73 Å². The van der Waals surface area contributed by atoms with Crippen LogP contribution in [0.5, 0.6) is 0 Å². The van der Waals surface area contributed by atoms with Gasteiger partial charge >= 0.3 is 5.97 Å². The lowest BCUT2D eigenvalue weighted by Crippen LogP contribution is -2.46. The van der Waals surface area contributed by atoms with Crippen LogP contribution in [0.1, 0.15) is 19.3 Å². The lowest BCUT2D eigenvalue weighted by molar-refractivity contribution is -0.146. The van der Waals surface area contributed by atoms with Gasteiger partial charge in [-0.1, -0.05) is 11.8 Å². The van der Waals surface area contributed by atoms with Crippen molar-refractivity contribution in [2.24, 2.45) is 5.73 Å². The average Bonchev–Trinajstić information content (AvgIpc) is 2.89. The van der Waals surface area contributed by atoms with Crippen molar-refractivity contribution in [3.8, 4) is 0 Å². The molecule has 1 aliphatic rings. The molecule has 0 bridgehead atoms. The van der Waals surface area contributed by atoms with Crippen LogP contribution in [0.4, 0.5) is 0 Å². The van der Waals surface area contributed by atoms with Gasteiger partial charge in [0.15, 0.2) is 0 Å². The van der Waals surface area contributed by atoms with Gasteiger partial charge in [0, 0.05) is 16.8 Å². The second-order valence-corrected chi connectivity index (χ2v) is 6.37. The van der Waals surface area contributed by atoms with E-state index in [0.717, 1.165) is 10.8 Å². The molecule has 0 amide bonds. The third-order valence-corrected chi connectivity index (χ3v) is 4.96. The molecule has 2 atom stereocenters. The van der Waals surface area contributed by atoms with E-state index in [2.05, 4.69) is 4.98 Å². The number of nitrogens with zero attached hydrogens (tertiary/aromatic N) is 1. The first-order valence-corrected chi connectivity index (χ1v) is 6.83. The van der Waals surface area contributed by atoms with E-state index < -0.39 is 5.54 Å². The Hall–Kier alpha value is -0.590. The second kappa shape index (κ2) is 4.73. The van der Waals surface area contributed by atoms with Gasteiger partial charge in [0.25, 0.3) is 0 Å². The first kappa shape index (κ1) is 11.9. The summed E-state index contributed by atoms with van der Waals surface area (Å²) in [7, 11) is 1.39. The van der Waals surface area contributed by atoms with Crippen molar-refractivity contribution < 1.29 is 9.53 Å². The minimum atomic E-state index is -0.788. The molecule has 88 valence electrons. The SMILES string of the molecule is COC(=O)C1(N)CCC(Sc2nccs2)C1. The molecule has 1 aliphatic carbocycles. The predicted octanol–water partition coefficient (Wildman–Crippen LogP) is 1.66. The van der Waals surface area contributed by atoms with Crippen molar-refractivity contribution in [3.63, 3.8) is 0 Å². The Morgan fingerprint density at radius 3 is 3.25 bits per heavy atom. The van der Waals surface area contributed by atoms with Gasteiger partial charge in [-0.2, -0.15) is 0 Å². The number of aromatic nitrogens is 1. The van der Waals surface area contributed by atoms with Gasteiger partial charge in [-0.15, -0.1) is 11.3 Å². The lowest BCUT2D eigenvalue weighted by Gasteiger charge is -2.20. The Bertz CT molecular complexity index is 369. The highest BCUT2D eigenvalue weighted by atomic mass is 32.2. The topological polar surface area (TPSA) is 65.2 Å². The van der Waals surface area contributed by atoms with E-state index in [-0.39, 0.29) is 5.97 Å². The summed E-state index contributed by atoms with van der Waals surface area (Å²) in [5.74, 6) is -0.297. The summed E-state index contributed by atoms with van der Waals surface area (Å²) < 4.78 is 5.78. The molecule has 0 spiro atoms. The van der Waals surface area contributed by atoms with Gasteiger partial charge in [0.1, 0.15) is 9.88 Å². The molecule has 1 saturated carbocycles. The van der Waals surface area contributed by atoms with E-state index >= 15 is 0 Å². The molecule has 1 fully saturated rings. The Kier molecular flexibility index (Phi) is 3.51. The summed E-state index contributed by atoms with van der Waals surface area (Å²) in [6, 6.07) is 0. The largest absolute Gasteiger partial charge is 0.468 e. The van der Waals surface area contributed by atoms with Crippen molar-refractivity contribution in [2.75, 3.05) is 7.11 Å². The Balaban J connectivity index is 1.95. The number of nitrogens with two attached hydrogens (primary N) is 1. The fraction of sp³-hybridized carbons (Fsp3) is 0.600. The monoisotopic (exact) mass is 258 g/mol. The van der Waals surface area contributed by atoms with E-state index in [9.17, 15) is 4.79 Å². The zero-order chi connectivity index (χ0) is 11.6. The molecule has 1 aromatic rings. The normalized spacial score (nSPS) is 29.2. The minimum Gasteiger partial charge on any atom is -0.468 e. The molecule has 0 aromatic carbocycles. The average molecular weight is 258 g/mol. The highest BCUT2D eigenvalue weighted by molar-refractivity contribution is 8.01. The van der Waals surface area contributed by atoms with E-state index in [1.165, 1.54) is 7.11 Å². The summed E-state index contributed by atoms with van der Waals surface area (Å²) in [6.07, 6.45) is 4.10. The zero-order valence-electron chi connectivity index (χ0n) is 9.01. The molecule has 1 heterocycles. The first-order chi connectivity index (χ1) is 7.64. The van der Waals surface area contributed by atoms with Gasteiger partial charge in [0.2, 0.25) is 0 Å². The minimum absolute atomic E-state index is 0.297. The number of esters is 1. The van der Waals surface area contributed by atoms with Crippen molar-refractivity contribution in [2.45, 2.75) is 34.4 Å². The number of ether oxygens (including phenoxy) is 1. The van der Waals surface area contributed by atoms with Gasteiger partial charge in [0.05, 0.1) is 7.11 Å². The number of thioether (sulfide) groups is 1. The molecular formula is C10H14N2O2S2. The third kappa shape index (κ3) is 2.39. The molecule has 4 nitrogen and oxygen atoms in total. The number of carbonyl (C=O) groups excluding carboxylic acids is 1. The molecule has 0 saturated heterocycles. The quantitative estimate of drug-likeness (QED) is 0.835. The maximum atomic E-state index is 11.5. The van der Waals surface area contributed by atoms with Gasteiger partial charge in [-0.3, -0.25) is 4.79 Å². The number of hydrogen-bond acceptors (Lipinski definition) is 6. The Morgan fingerprint density at radius 2 is 2.62 bits per heavy atom. The van der Waals surface area contributed by atoms with Crippen LogP contribution in [-0.4, -0.2) is 28.9 Å². The van der Waals surface area contributed by atoms with Crippen molar-refractivity contribution in [1.82, 2.24) is 4.98 Å². The van der Waals surface area contributed by atoms with E-state index in [4.69, 9.17) is 10.5 Å². The summed E-state index contributed by atoms with van der Waals surface area (Å²) in [5, 5.41) is 2.32. The molecular weight excluding hydrogens is 244 g/mol. The highest BCUT2D eigenvalue weighted by Crippen LogP contribution is 2.39. The van der Waals surface area contributed by atoms with Crippen LogP contribution >= 0.6 is 23.1 Å². The number of carbonyl (C=O) groups is 1. The van der Waals surface area contributed by atoms with Crippen LogP contribution in [0.3, 0.4) is 0 Å². The van der Waals surface area contributed by atoms with Crippen molar-refractivity contribution >= 4 is 29.1 Å². The summed E-state index contributed by atoms with van der Waals surface area (Å²) >= 11 is 3.33. The van der Waals surface area contributed by atoms with Crippen LogP contribution in [0.25, 0.3) is 0 Å². The predicted molar refractivity (Wildman–Crippen MR) is 64.5 cm³/mol. The Morgan fingerprint density at radius 1 is 1.81 bits per heavy atom. The molecule has 16 heavy (non-hydrogen) atoms. The number of thiazole rings is 1. The van der Waals surface area contributed by atoms with E-state index in [1.54, 1.807) is 29.3 Å². The van der Waals surface area contributed by atoms with E-state index in [1.807, 2.05) is 5.38 Å². The van der Waals surface area contributed by atoms with Crippen LogP contribution in [0, 0.1) is 0 Å². The Labute approximate surface area is 103 Å². The molecule has 1 aromatic heterocycles. The van der Waals surface area contributed by atoms with Crippen LogP contribution in [0.15, 0.2) is 15.9 Å². The molecule has 0 aliphatic heterocycles. The first-order valence-electron chi connectivity index (χ1n) is 5.07. The number of methoxy groups -OCH3 is 1. The second-order valence-electron chi connectivity index (χ2n) is 3.93. The zero-order valence-corrected chi connectivity index (χ0v) is 10.6. The molecule has 2 unspecified atom stereocenters. The van der Waals surface area contributed by atoms with Gasteiger partial charge in [-0.25, -0.2) is 4.98 Å². The van der Waals surface area contributed by atoms with Crippen molar-refractivity contribution in [3.05, 3.63) is 11.6 Å². The molecule has 6 heteroatoms. The fourth-order valence-corrected chi connectivity index (χ4v) is 4.11. The van der Waals surface area contributed by atoms with Gasteiger partial charge in [-0.05, 0) is 19.3 Å². The maximum Gasteiger partial charge on any atom is 0.325 e. The number of rotatable bonds is 3. The third-order valence-electron chi connectivity index (χ3n) is 2.77. The standard InChI is InChI=1S/C10H14N2O2S2/c1-14-8(13)10(11)3-2-7(6-10)16-9-12-4-5-15-9/h4-5,7H,2-3,6,11H2,1H3. The van der Waals surface area contributed by atoms with Crippen LogP contribution in [-0.2, 0) is 9.53 Å². The summed E-state index contributed by atoms with van der Waals surface area (Å²) in [6.45, 7) is 0. The number of hydrogen-bond donors (Lipinski definition) is 1. The van der Waals surface area contributed by atoms with Crippen molar-refractivity contribution in [1.29, 1.82) is 0 Å². The van der Waals surface area contributed by atoms with E-state index in [0.29, 0.717) is 18.1 Å².